The number of amides is 5. The molecule has 0 spiro atoms. The zero-order valence-electron chi connectivity index (χ0n) is 36.1. The molecule has 2 aromatic heterocycles. The molecule has 1 aliphatic carbocycles. The number of likely N-dealkylation sites (N-methyl/N-ethyl adjacent to an activating group) is 1. The van der Waals surface area contributed by atoms with Crippen molar-refractivity contribution in [3.05, 3.63) is 80.7 Å². The van der Waals surface area contributed by atoms with Crippen molar-refractivity contribution >= 4 is 69.5 Å². The van der Waals surface area contributed by atoms with E-state index in [9.17, 15) is 28.8 Å². The number of benzene rings is 2. The van der Waals surface area contributed by atoms with Crippen LogP contribution in [-0.4, -0.2) is 118 Å². The summed E-state index contributed by atoms with van der Waals surface area (Å²) in [6.07, 6.45) is 7.82. The van der Waals surface area contributed by atoms with Gasteiger partial charge in [0.2, 0.25) is 17.8 Å². The van der Waals surface area contributed by atoms with Crippen molar-refractivity contribution in [1.82, 2.24) is 35.0 Å². The van der Waals surface area contributed by atoms with E-state index in [0.717, 1.165) is 86.1 Å². The number of nitrogens with zero attached hydrogens (tertiary/aromatic N) is 6. The highest BCUT2D eigenvalue weighted by Crippen LogP contribution is 2.38. The highest BCUT2D eigenvalue weighted by atomic mass is 35.5. The van der Waals surface area contributed by atoms with Gasteiger partial charge < -0.3 is 34.5 Å². The van der Waals surface area contributed by atoms with Crippen molar-refractivity contribution in [2.45, 2.75) is 101 Å². The zero-order valence-corrected chi connectivity index (χ0v) is 36.9. The number of carbonyl (C=O) groups excluding carboxylic acids is 5. The van der Waals surface area contributed by atoms with Crippen LogP contribution in [0.1, 0.15) is 103 Å². The van der Waals surface area contributed by atoms with Crippen LogP contribution >= 0.6 is 11.6 Å². The Kier molecular flexibility index (Phi) is 12.1. The van der Waals surface area contributed by atoms with Gasteiger partial charge in [-0.05, 0) is 120 Å². The summed E-state index contributed by atoms with van der Waals surface area (Å²) >= 11 is 6.59. The lowest BCUT2D eigenvalue weighted by atomic mass is 9.83. The average molecular weight is 894 g/mol. The normalized spacial score (nSPS) is 22.2. The van der Waals surface area contributed by atoms with Crippen molar-refractivity contribution in [1.29, 1.82) is 0 Å². The van der Waals surface area contributed by atoms with Crippen molar-refractivity contribution in [2.24, 2.45) is 0 Å². The van der Waals surface area contributed by atoms with Gasteiger partial charge in [0.05, 0.1) is 35.0 Å². The highest BCUT2D eigenvalue weighted by Gasteiger charge is 2.45. The van der Waals surface area contributed by atoms with Crippen LogP contribution in [0.15, 0.2) is 53.5 Å². The van der Waals surface area contributed by atoms with Crippen LogP contribution in [0.5, 0.6) is 5.75 Å². The average Bonchev–Trinajstić information content (AvgIpc) is 3.52. The van der Waals surface area contributed by atoms with E-state index in [-0.39, 0.29) is 60.8 Å². The molecule has 0 radical (unpaired) electrons. The minimum atomic E-state index is -0.970. The smallest absolute Gasteiger partial charge is 0.293 e. The fraction of sp³-hybridized carbons (Fsp3) is 0.478. The first-order chi connectivity index (χ1) is 30.8. The summed E-state index contributed by atoms with van der Waals surface area (Å²) in [5, 5.41) is 9.19. The third-order valence-electron chi connectivity index (χ3n) is 13.3. The number of hydrogen-bond acceptors (Lipinski definition) is 13. The molecule has 3 saturated heterocycles. The molecule has 1 saturated carbocycles. The number of anilines is 3. The van der Waals surface area contributed by atoms with E-state index in [1.807, 2.05) is 44.2 Å². The molecule has 5 aliphatic rings. The lowest BCUT2D eigenvalue weighted by molar-refractivity contribution is -0.136. The van der Waals surface area contributed by atoms with Gasteiger partial charge in [0, 0.05) is 49.7 Å². The second-order valence-corrected chi connectivity index (χ2v) is 18.0. The Morgan fingerprint density at radius 1 is 0.906 bits per heavy atom. The van der Waals surface area contributed by atoms with E-state index in [4.69, 9.17) is 26.1 Å². The van der Waals surface area contributed by atoms with Gasteiger partial charge in [-0.3, -0.25) is 39.0 Å². The Morgan fingerprint density at radius 2 is 1.66 bits per heavy atom. The Bertz CT molecular complexity index is 2580. The quantitative estimate of drug-likeness (QED) is 0.166. The second kappa shape index (κ2) is 17.9. The van der Waals surface area contributed by atoms with Gasteiger partial charge in [-0.15, -0.1) is 0 Å². The third kappa shape index (κ3) is 8.55. The third-order valence-corrected chi connectivity index (χ3v) is 13.6. The molecule has 4 aliphatic heterocycles. The number of carbonyl (C=O) groups is 5. The number of imide groups is 2. The van der Waals surface area contributed by atoms with Crippen molar-refractivity contribution in [3.8, 4) is 5.75 Å². The monoisotopic (exact) mass is 893 g/mol. The molecule has 4 aromatic rings. The first-order valence-electron chi connectivity index (χ1n) is 22.2. The zero-order chi connectivity index (χ0) is 44.8. The van der Waals surface area contributed by atoms with Crippen LogP contribution in [-0.2, 0) is 19.1 Å². The lowest BCUT2D eigenvalue weighted by Crippen LogP contribution is -2.54. The number of rotatable bonds is 12. The molecule has 17 nitrogen and oxygen atoms in total. The number of aromatic nitrogens is 3. The van der Waals surface area contributed by atoms with E-state index < -0.39 is 29.7 Å². The number of fused-ring (bicyclic) bond motifs is 2. The highest BCUT2D eigenvalue weighted by molar-refractivity contribution is 6.33. The van der Waals surface area contributed by atoms with E-state index in [2.05, 4.69) is 30.7 Å². The number of likely N-dealkylation sites (tertiary alicyclic amines) is 1. The molecule has 5 amide bonds. The minimum Gasteiger partial charge on any atom is -0.478 e. The minimum absolute atomic E-state index is 0.0873. The van der Waals surface area contributed by atoms with Gasteiger partial charge in [-0.1, -0.05) is 17.7 Å². The maximum absolute atomic E-state index is 13.4. The van der Waals surface area contributed by atoms with E-state index >= 15 is 0 Å². The second-order valence-electron chi connectivity index (χ2n) is 17.6. The van der Waals surface area contributed by atoms with Crippen molar-refractivity contribution in [3.63, 3.8) is 0 Å². The topological polar surface area (TPSA) is 197 Å². The van der Waals surface area contributed by atoms with Gasteiger partial charge in [-0.25, -0.2) is 4.98 Å². The summed E-state index contributed by atoms with van der Waals surface area (Å²) in [5.41, 5.74) is 2.81. The first kappa shape index (κ1) is 43.3. The molecule has 9 rings (SSSR count). The fourth-order valence-corrected chi connectivity index (χ4v) is 9.85. The summed E-state index contributed by atoms with van der Waals surface area (Å²) in [5.74, 6) is -0.893. The molecule has 3 N–H and O–H groups in total. The molecule has 18 heteroatoms. The Hall–Kier alpha value is -5.91. The summed E-state index contributed by atoms with van der Waals surface area (Å²) in [7, 11) is 1.51. The standard InChI is InChI=1S/C46H52ClN9O8/c1-25(2)55-36-7-5-29(18-28(36)20-38(45(55)62)63-24-40(58)48-3)50-41-35(47)23-49-46(52-41)54-16-12-31(13-17-54)64-32-21-30(22-32)53-14-10-26(11-15-53)27-4-6-33-34(19-27)44(61)56(43(33)60)37-8-9-39(57)51-42(37)59/h4-7,18-20,23,25-26,30-32,37H,8-17,21-22,24H2,1-3H3,(H,48,58)(H,49,50,52)(H,51,57,59)/t30-,32-,37?. The SMILES string of the molecule is CNC(=O)COc1cc2cc(Nc3nc(N4CCC(O[C@H]5C[C@H](N6CCC(c7ccc8c(c7)C(=O)N(C7CCC(=O)NC7=O)C8=O)CC6)C5)CC4)ncc3Cl)ccc2n(C(C)C)c1=O. The first-order valence-corrected chi connectivity index (χ1v) is 22.5. The maximum Gasteiger partial charge on any atom is 0.293 e. The summed E-state index contributed by atoms with van der Waals surface area (Å²) in [6.45, 7) is 6.95. The summed E-state index contributed by atoms with van der Waals surface area (Å²) in [6, 6.07) is 12.1. The molecule has 6 heterocycles. The van der Waals surface area contributed by atoms with Crippen LogP contribution in [0.4, 0.5) is 17.5 Å². The number of ether oxygens (including phenoxy) is 2. The molecule has 64 heavy (non-hydrogen) atoms. The Balaban J connectivity index is 0.745. The van der Waals surface area contributed by atoms with Crippen molar-refractivity contribution in [2.75, 3.05) is 50.1 Å². The number of piperidine rings is 3. The Labute approximate surface area is 374 Å². The maximum atomic E-state index is 13.4. The molecular weight excluding hydrogens is 842 g/mol. The van der Waals surface area contributed by atoms with Crippen molar-refractivity contribution < 1.29 is 33.4 Å². The van der Waals surface area contributed by atoms with E-state index in [1.165, 1.54) is 7.05 Å². The molecule has 2 aromatic carbocycles. The molecule has 1 atom stereocenters. The van der Waals surface area contributed by atoms with E-state index in [1.54, 1.807) is 22.9 Å². The van der Waals surface area contributed by atoms with Gasteiger partial charge in [0.15, 0.2) is 18.2 Å². The number of pyridine rings is 1. The largest absolute Gasteiger partial charge is 0.478 e. The predicted octanol–water partition coefficient (Wildman–Crippen LogP) is 4.69. The number of nitrogens with one attached hydrogen (secondary N) is 3. The van der Waals surface area contributed by atoms with Gasteiger partial charge >= 0.3 is 0 Å². The number of halogens is 1. The van der Waals surface area contributed by atoms with E-state index in [0.29, 0.717) is 39.6 Å². The molecule has 4 fully saturated rings. The van der Waals surface area contributed by atoms with Crippen LogP contribution < -0.4 is 31.1 Å². The van der Waals surface area contributed by atoms with Crippen LogP contribution in [0.2, 0.25) is 5.02 Å². The molecule has 1 unspecified atom stereocenters. The molecule has 336 valence electrons. The van der Waals surface area contributed by atoms with Crippen LogP contribution in [0.25, 0.3) is 10.9 Å². The molecular formula is C46H52ClN9O8. The Morgan fingerprint density at radius 3 is 2.38 bits per heavy atom. The van der Waals surface area contributed by atoms with Gasteiger partial charge in [0.25, 0.3) is 23.3 Å². The fourth-order valence-electron chi connectivity index (χ4n) is 9.72. The lowest BCUT2D eigenvalue weighted by Gasteiger charge is -2.47. The van der Waals surface area contributed by atoms with Gasteiger partial charge in [-0.2, -0.15) is 4.98 Å². The summed E-state index contributed by atoms with van der Waals surface area (Å²) in [4.78, 5) is 90.8. The van der Waals surface area contributed by atoms with Crippen LogP contribution in [0, 0.1) is 0 Å². The molecule has 0 bridgehead atoms. The number of hydrogen-bond donors (Lipinski definition) is 3. The van der Waals surface area contributed by atoms with Crippen LogP contribution in [0.3, 0.4) is 0 Å². The van der Waals surface area contributed by atoms with Gasteiger partial charge in [0.1, 0.15) is 11.1 Å². The predicted molar refractivity (Wildman–Crippen MR) is 238 cm³/mol. The summed E-state index contributed by atoms with van der Waals surface area (Å²) < 4.78 is 13.9.